The summed E-state index contributed by atoms with van der Waals surface area (Å²) in [6, 6.07) is 5.82. The Morgan fingerprint density at radius 1 is 1.32 bits per heavy atom. The number of halogens is 3. The highest BCUT2D eigenvalue weighted by Gasteiger charge is 2.35. The first kappa shape index (κ1) is 15.9. The van der Waals surface area contributed by atoms with E-state index in [1.807, 2.05) is 6.92 Å². The lowest BCUT2D eigenvalue weighted by Gasteiger charge is -2.10. The van der Waals surface area contributed by atoms with Gasteiger partial charge in [0.05, 0.1) is 12.8 Å². The number of aromatic nitrogens is 2. The molecule has 0 aliphatic heterocycles. The number of amides is 1. The maximum atomic E-state index is 12.6. The van der Waals surface area contributed by atoms with Gasteiger partial charge in [0, 0.05) is 13.1 Å². The molecule has 0 atom stereocenters. The van der Waals surface area contributed by atoms with Crippen molar-refractivity contribution < 1.29 is 22.7 Å². The zero-order valence-corrected chi connectivity index (χ0v) is 12.2. The monoisotopic (exact) mass is 313 g/mol. The fraction of sp³-hybridized carbons (Fsp3) is 0.286. The fourth-order valence-corrected chi connectivity index (χ4v) is 1.92. The maximum absolute atomic E-state index is 12.6. The molecule has 0 unspecified atom stereocenters. The third-order valence-electron chi connectivity index (χ3n) is 3.01. The summed E-state index contributed by atoms with van der Waals surface area (Å²) in [5.74, 6) is -0.286. The Bertz CT molecular complexity index is 708. The Balaban J connectivity index is 2.30. The van der Waals surface area contributed by atoms with Crippen LogP contribution in [0.5, 0.6) is 5.75 Å². The molecule has 118 valence electrons. The lowest BCUT2D eigenvalue weighted by Crippen LogP contribution is -2.16. The van der Waals surface area contributed by atoms with Crippen LogP contribution in [-0.2, 0) is 13.2 Å². The molecule has 22 heavy (non-hydrogen) atoms. The molecule has 2 rings (SSSR count). The van der Waals surface area contributed by atoms with Crippen molar-refractivity contribution in [3.8, 4) is 5.75 Å². The van der Waals surface area contributed by atoms with E-state index in [0.717, 1.165) is 10.2 Å². The largest absolute Gasteiger partial charge is 0.495 e. The van der Waals surface area contributed by atoms with Crippen molar-refractivity contribution in [2.75, 3.05) is 12.4 Å². The van der Waals surface area contributed by atoms with E-state index in [9.17, 15) is 18.0 Å². The number of ether oxygens (including phenoxy) is 1. The minimum Gasteiger partial charge on any atom is -0.495 e. The van der Waals surface area contributed by atoms with Crippen molar-refractivity contribution in [1.29, 1.82) is 0 Å². The van der Waals surface area contributed by atoms with Crippen LogP contribution in [0.25, 0.3) is 0 Å². The van der Waals surface area contributed by atoms with E-state index in [-0.39, 0.29) is 5.69 Å². The summed E-state index contributed by atoms with van der Waals surface area (Å²) in [6.45, 7) is 1.82. The Morgan fingerprint density at radius 2 is 2.00 bits per heavy atom. The highest BCUT2D eigenvalue weighted by atomic mass is 19.4. The number of hydrogen-bond acceptors (Lipinski definition) is 3. The van der Waals surface area contributed by atoms with Crippen LogP contribution in [0.1, 0.15) is 21.7 Å². The number of aryl methyl sites for hydroxylation is 2. The molecule has 0 bridgehead atoms. The van der Waals surface area contributed by atoms with Gasteiger partial charge in [-0.1, -0.05) is 6.07 Å². The lowest BCUT2D eigenvalue weighted by atomic mass is 10.2. The van der Waals surface area contributed by atoms with Crippen molar-refractivity contribution in [2.45, 2.75) is 13.1 Å². The molecule has 0 spiro atoms. The molecule has 1 aromatic heterocycles. The van der Waals surface area contributed by atoms with E-state index in [2.05, 4.69) is 10.4 Å². The molecule has 0 saturated carbocycles. The molecule has 0 radical (unpaired) electrons. The summed E-state index contributed by atoms with van der Waals surface area (Å²) in [5, 5.41) is 5.84. The summed E-state index contributed by atoms with van der Waals surface area (Å²) in [7, 11) is 2.71. The summed E-state index contributed by atoms with van der Waals surface area (Å²) in [6.07, 6.45) is -4.60. The zero-order chi connectivity index (χ0) is 16.5. The molecule has 0 aliphatic carbocycles. The second-order valence-corrected chi connectivity index (χ2v) is 4.69. The summed E-state index contributed by atoms with van der Waals surface area (Å²) in [5.41, 5.74) is -0.0633. The van der Waals surface area contributed by atoms with Crippen LogP contribution in [0.4, 0.5) is 18.9 Å². The van der Waals surface area contributed by atoms with Crippen molar-refractivity contribution in [3.63, 3.8) is 0 Å². The second-order valence-electron chi connectivity index (χ2n) is 4.69. The molecular formula is C14H14F3N3O2. The SMILES string of the molecule is COc1ccc(C)cc1NC(=O)c1cc(C(F)(F)F)nn1C. The number of anilines is 1. The summed E-state index contributed by atoms with van der Waals surface area (Å²) < 4.78 is 43.8. The molecule has 0 saturated heterocycles. The minimum atomic E-state index is -4.60. The second kappa shape index (κ2) is 5.70. The number of nitrogens with one attached hydrogen (secondary N) is 1. The highest BCUT2D eigenvalue weighted by molar-refractivity contribution is 6.04. The molecule has 1 N–H and O–H groups in total. The smallest absolute Gasteiger partial charge is 0.435 e. The van der Waals surface area contributed by atoms with Gasteiger partial charge in [-0.3, -0.25) is 9.48 Å². The Hall–Kier alpha value is -2.51. The molecule has 0 aliphatic rings. The first-order chi connectivity index (χ1) is 10.2. The van der Waals surface area contributed by atoms with E-state index in [1.54, 1.807) is 18.2 Å². The quantitative estimate of drug-likeness (QED) is 0.947. The van der Waals surface area contributed by atoms with Gasteiger partial charge in [0.2, 0.25) is 0 Å². The van der Waals surface area contributed by atoms with Crippen LogP contribution in [0.2, 0.25) is 0 Å². The van der Waals surface area contributed by atoms with E-state index in [1.165, 1.54) is 14.2 Å². The zero-order valence-electron chi connectivity index (χ0n) is 12.2. The Kier molecular flexibility index (Phi) is 4.11. The Morgan fingerprint density at radius 3 is 2.55 bits per heavy atom. The molecular weight excluding hydrogens is 299 g/mol. The average Bonchev–Trinajstić information content (AvgIpc) is 2.81. The molecule has 5 nitrogen and oxygen atoms in total. The van der Waals surface area contributed by atoms with Gasteiger partial charge < -0.3 is 10.1 Å². The minimum absolute atomic E-state index is 0.198. The fourth-order valence-electron chi connectivity index (χ4n) is 1.92. The number of benzene rings is 1. The third kappa shape index (κ3) is 3.21. The molecule has 8 heteroatoms. The van der Waals surface area contributed by atoms with Crippen molar-refractivity contribution >= 4 is 11.6 Å². The van der Waals surface area contributed by atoms with Gasteiger partial charge in [-0.2, -0.15) is 18.3 Å². The molecule has 1 heterocycles. The standard InChI is InChI=1S/C14H14F3N3O2/c1-8-4-5-11(22-3)9(6-8)18-13(21)10-7-12(14(15,16)17)19-20(10)2/h4-7H,1-3H3,(H,18,21). The van der Waals surface area contributed by atoms with Crippen LogP contribution in [0, 0.1) is 6.92 Å². The lowest BCUT2D eigenvalue weighted by molar-refractivity contribution is -0.141. The van der Waals surface area contributed by atoms with Gasteiger partial charge >= 0.3 is 6.18 Å². The van der Waals surface area contributed by atoms with Crippen LogP contribution in [0.3, 0.4) is 0 Å². The third-order valence-corrected chi connectivity index (χ3v) is 3.01. The average molecular weight is 313 g/mol. The van der Waals surface area contributed by atoms with Crippen LogP contribution < -0.4 is 10.1 Å². The van der Waals surface area contributed by atoms with Gasteiger partial charge in [-0.25, -0.2) is 0 Å². The van der Waals surface area contributed by atoms with Gasteiger partial charge in [0.1, 0.15) is 11.4 Å². The van der Waals surface area contributed by atoms with Gasteiger partial charge in [-0.15, -0.1) is 0 Å². The number of nitrogens with zero attached hydrogens (tertiary/aromatic N) is 2. The van der Waals surface area contributed by atoms with Gasteiger partial charge in [0.25, 0.3) is 5.91 Å². The highest BCUT2D eigenvalue weighted by Crippen LogP contribution is 2.29. The molecule has 2 aromatic rings. The topological polar surface area (TPSA) is 56.1 Å². The van der Waals surface area contributed by atoms with Crippen molar-refractivity contribution in [2.24, 2.45) is 7.05 Å². The van der Waals surface area contributed by atoms with Crippen molar-refractivity contribution in [1.82, 2.24) is 9.78 Å². The predicted molar refractivity (Wildman–Crippen MR) is 73.9 cm³/mol. The van der Waals surface area contributed by atoms with E-state index >= 15 is 0 Å². The van der Waals surface area contributed by atoms with E-state index < -0.39 is 17.8 Å². The summed E-state index contributed by atoms with van der Waals surface area (Å²) in [4.78, 5) is 12.2. The number of carbonyl (C=O) groups excluding carboxylic acids is 1. The number of alkyl halides is 3. The van der Waals surface area contributed by atoms with E-state index in [0.29, 0.717) is 17.5 Å². The maximum Gasteiger partial charge on any atom is 0.435 e. The Labute approximate surface area is 124 Å². The van der Waals surface area contributed by atoms with Crippen molar-refractivity contribution in [3.05, 3.63) is 41.2 Å². The molecule has 1 aromatic carbocycles. The predicted octanol–water partition coefficient (Wildman–Crippen LogP) is 3.01. The number of methoxy groups -OCH3 is 1. The van der Waals surface area contributed by atoms with Gasteiger partial charge in [0.15, 0.2) is 5.69 Å². The van der Waals surface area contributed by atoms with E-state index in [4.69, 9.17) is 4.74 Å². The molecule has 1 amide bonds. The normalized spacial score (nSPS) is 11.4. The first-order valence-electron chi connectivity index (χ1n) is 6.29. The van der Waals surface area contributed by atoms with Crippen LogP contribution >= 0.6 is 0 Å². The number of carbonyl (C=O) groups is 1. The van der Waals surface area contributed by atoms with Crippen LogP contribution in [-0.4, -0.2) is 22.8 Å². The number of hydrogen-bond donors (Lipinski definition) is 1. The van der Waals surface area contributed by atoms with Gasteiger partial charge in [-0.05, 0) is 24.6 Å². The van der Waals surface area contributed by atoms with Crippen LogP contribution in [0.15, 0.2) is 24.3 Å². The molecule has 0 fully saturated rings. The summed E-state index contributed by atoms with van der Waals surface area (Å²) >= 11 is 0. The first-order valence-corrected chi connectivity index (χ1v) is 6.29. The number of rotatable bonds is 3.